The molecule has 2 N–H and O–H groups in total. The number of sulfonamides is 1. The van der Waals surface area contributed by atoms with Crippen molar-refractivity contribution in [1.82, 2.24) is 4.31 Å². The maximum atomic E-state index is 12.8. The number of carbonyl (C=O) groups excluding carboxylic acids is 2. The normalized spacial score (nSPS) is 11.6. The van der Waals surface area contributed by atoms with Crippen LogP contribution in [0.3, 0.4) is 0 Å². The molecule has 0 aromatic heterocycles. The number of carbonyl (C=O) groups is 2. The molecule has 0 radical (unpaired) electrons. The summed E-state index contributed by atoms with van der Waals surface area (Å²) in [5, 5.41) is 5.52. The first-order chi connectivity index (χ1) is 14.1. The van der Waals surface area contributed by atoms with E-state index in [-0.39, 0.29) is 21.7 Å². The van der Waals surface area contributed by atoms with E-state index in [9.17, 15) is 18.0 Å². The first-order valence-corrected chi connectivity index (χ1v) is 11.4. The summed E-state index contributed by atoms with van der Waals surface area (Å²) in [6, 6.07) is 10.8. The lowest BCUT2D eigenvalue weighted by molar-refractivity contribution is -0.118. The minimum atomic E-state index is -3.77. The average Bonchev–Trinajstić information content (AvgIpc) is 2.70. The predicted octanol–water partition coefficient (Wildman–Crippen LogP) is 4.22. The molecule has 0 unspecified atom stereocenters. The molecule has 162 valence electrons. The smallest absolute Gasteiger partial charge is 0.255 e. The van der Waals surface area contributed by atoms with E-state index in [2.05, 4.69) is 10.6 Å². The fourth-order valence-electron chi connectivity index (χ4n) is 2.68. The van der Waals surface area contributed by atoms with Gasteiger partial charge in [-0.1, -0.05) is 39.3 Å². The molecule has 0 aliphatic carbocycles. The maximum absolute atomic E-state index is 12.8. The van der Waals surface area contributed by atoms with E-state index < -0.39 is 15.9 Å². The number of nitrogens with zero attached hydrogens (tertiary/aromatic N) is 1. The quantitative estimate of drug-likeness (QED) is 0.628. The molecular weight excluding hydrogens is 426 g/mol. The van der Waals surface area contributed by atoms with Crippen LogP contribution in [0.4, 0.5) is 11.4 Å². The van der Waals surface area contributed by atoms with Gasteiger partial charge in [-0.25, -0.2) is 8.42 Å². The van der Waals surface area contributed by atoms with Crippen LogP contribution in [-0.2, 0) is 14.8 Å². The number of hydrogen-bond donors (Lipinski definition) is 2. The lowest BCUT2D eigenvalue weighted by Gasteiger charge is -2.19. The van der Waals surface area contributed by atoms with E-state index in [0.717, 1.165) is 0 Å². The van der Waals surface area contributed by atoms with Crippen LogP contribution < -0.4 is 10.6 Å². The molecular formula is C21H26ClN3O4S. The second-order valence-corrected chi connectivity index (χ2v) is 9.22. The molecule has 0 fully saturated rings. The highest BCUT2D eigenvalue weighted by molar-refractivity contribution is 7.89. The Balaban J connectivity index is 2.21. The predicted molar refractivity (Wildman–Crippen MR) is 119 cm³/mol. The van der Waals surface area contributed by atoms with Gasteiger partial charge in [0.1, 0.15) is 4.90 Å². The van der Waals surface area contributed by atoms with Crippen molar-refractivity contribution >= 4 is 44.8 Å². The zero-order chi connectivity index (χ0) is 22.5. The van der Waals surface area contributed by atoms with Gasteiger partial charge < -0.3 is 10.6 Å². The number of halogens is 1. The molecule has 0 spiro atoms. The summed E-state index contributed by atoms with van der Waals surface area (Å²) in [4.78, 5) is 24.2. The Morgan fingerprint density at radius 3 is 2.07 bits per heavy atom. The standard InChI is InChI=1S/C21H26ClN3O4S/c1-5-25(6-2)30(28,29)19-13-17(11-12-18(19)22)24-21(27)15-7-9-16(10-8-15)23-20(26)14(3)4/h7-14H,5-6H2,1-4H3,(H,23,26)(H,24,27). The van der Waals surface area contributed by atoms with Gasteiger partial charge in [0, 0.05) is 35.9 Å². The summed E-state index contributed by atoms with van der Waals surface area (Å²) in [5.74, 6) is -0.680. The Hall–Kier alpha value is -2.42. The fraction of sp³-hybridized carbons (Fsp3) is 0.333. The molecule has 2 amide bonds. The third-order valence-electron chi connectivity index (χ3n) is 4.45. The zero-order valence-corrected chi connectivity index (χ0v) is 19.0. The summed E-state index contributed by atoms with van der Waals surface area (Å²) in [7, 11) is -3.77. The number of rotatable bonds is 8. The van der Waals surface area contributed by atoms with Crippen LogP contribution >= 0.6 is 11.6 Å². The molecule has 30 heavy (non-hydrogen) atoms. The molecule has 0 bridgehead atoms. The van der Waals surface area contributed by atoms with Crippen molar-refractivity contribution in [3.05, 3.63) is 53.1 Å². The van der Waals surface area contributed by atoms with Gasteiger partial charge in [0.2, 0.25) is 15.9 Å². The van der Waals surface area contributed by atoms with Crippen LogP contribution in [0.5, 0.6) is 0 Å². The Labute approximate surface area is 182 Å². The van der Waals surface area contributed by atoms with E-state index in [4.69, 9.17) is 11.6 Å². The molecule has 0 heterocycles. The zero-order valence-electron chi connectivity index (χ0n) is 17.4. The number of amides is 2. The van der Waals surface area contributed by atoms with Gasteiger partial charge in [-0.05, 0) is 42.5 Å². The molecule has 9 heteroatoms. The van der Waals surface area contributed by atoms with Crippen LogP contribution in [0.2, 0.25) is 5.02 Å². The SMILES string of the molecule is CCN(CC)S(=O)(=O)c1cc(NC(=O)c2ccc(NC(=O)C(C)C)cc2)ccc1Cl. The molecule has 7 nitrogen and oxygen atoms in total. The van der Waals surface area contributed by atoms with Gasteiger partial charge >= 0.3 is 0 Å². The number of hydrogen-bond acceptors (Lipinski definition) is 4. The first-order valence-electron chi connectivity index (χ1n) is 9.62. The largest absolute Gasteiger partial charge is 0.326 e. The summed E-state index contributed by atoms with van der Waals surface area (Å²) >= 11 is 6.12. The molecule has 0 aliphatic heterocycles. The van der Waals surface area contributed by atoms with Gasteiger partial charge in [0.05, 0.1) is 5.02 Å². The minimum absolute atomic E-state index is 0.0580. The number of anilines is 2. The van der Waals surface area contributed by atoms with Crippen molar-refractivity contribution in [2.75, 3.05) is 23.7 Å². The van der Waals surface area contributed by atoms with Gasteiger partial charge in [-0.15, -0.1) is 0 Å². The summed E-state index contributed by atoms with van der Waals surface area (Å²) in [6.45, 7) is 7.69. The Bertz CT molecular complexity index is 1020. The number of benzene rings is 2. The van der Waals surface area contributed by atoms with E-state index in [1.165, 1.54) is 16.4 Å². The van der Waals surface area contributed by atoms with Crippen LogP contribution in [0, 0.1) is 5.92 Å². The van der Waals surface area contributed by atoms with Gasteiger partial charge in [0.15, 0.2) is 0 Å². The summed E-state index contributed by atoms with van der Waals surface area (Å²) < 4.78 is 26.9. The molecule has 2 aromatic carbocycles. The summed E-state index contributed by atoms with van der Waals surface area (Å²) in [5.41, 5.74) is 1.26. The fourth-order valence-corrected chi connectivity index (χ4v) is 4.63. The van der Waals surface area contributed by atoms with Crippen molar-refractivity contribution in [2.24, 2.45) is 5.92 Å². The Morgan fingerprint density at radius 1 is 0.967 bits per heavy atom. The molecule has 0 atom stereocenters. The van der Waals surface area contributed by atoms with E-state index in [0.29, 0.717) is 30.0 Å². The molecule has 2 aromatic rings. The lowest BCUT2D eigenvalue weighted by atomic mass is 10.1. The van der Waals surface area contributed by atoms with Gasteiger partial charge in [0.25, 0.3) is 5.91 Å². The molecule has 2 rings (SSSR count). The van der Waals surface area contributed by atoms with Crippen LogP contribution in [-0.4, -0.2) is 37.6 Å². The van der Waals surface area contributed by atoms with Crippen molar-refractivity contribution in [3.8, 4) is 0 Å². The van der Waals surface area contributed by atoms with Gasteiger partial charge in [-0.2, -0.15) is 4.31 Å². The first kappa shape index (κ1) is 23.9. The van der Waals surface area contributed by atoms with E-state index in [1.54, 1.807) is 58.0 Å². The third kappa shape index (κ3) is 5.59. The topological polar surface area (TPSA) is 95.6 Å². The Morgan fingerprint density at radius 2 is 1.53 bits per heavy atom. The summed E-state index contributed by atoms with van der Waals surface area (Å²) in [6.07, 6.45) is 0. The number of nitrogens with one attached hydrogen (secondary N) is 2. The monoisotopic (exact) mass is 451 g/mol. The van der Waals surface area contributed by atoms with Crippen LogP contribution in [0.25, 0.3) is 0 Å². The van der Waals surface area contributed by atoms with Crippen molar-refractivity contribution in [3.63, 3.8) is 0 Å². The maximum Gasteiger partial charge on any atom is 0.255 e. The van der Waals surface area contributed by atoms with Crippen LogP contribution in [0.1, 0.15) is 38.1 Å². The molecule has 0 saturated carbocycles. The highest BCUT2D eigenvalue weighted by Crippen LogP contribution is 2.28. The molecule has 0 aliphatic rings. The molecule has 0 saturated heterocycles. The third-order valence-corrected chi connectivity index (χ3v) is 6.98. The van der Waals surface area contributed by atoms with Gasteiger partial charge in [-0.3, -0.25) is 9.59 Å². The second-order valence-electron chi connectivity index (χ2n) is 6.91. The highest BCUT2D eigenvalue weighted by atomic mass is 35.5. The lowest BCUT2D eigenvalue weighted by Crippen LogP contribution is -2.30. The van der Waals surface area contributed by atoms with E-state index >= 15 is 0 Å². The van der Waals surface area contributed by atoms with Crippen LogP contribution in [0.15, 0.2) is 47.4 Å². The van der Waals surface area contributed by atoms with Crippen molar-refractivity contribution in [2.45, 2.75) is 32.6 Å². The van der Waals surface area contributed by atoms with Crippen molar-refractivity contribution in [1.29, 1.82) is 0 Å². The average molecular weight is 452 g/mol. The second kappa shape index (κ2) is 10.1. The van der Waals surface area contributed by atoms with E-state index in [1.807, 2.05) is 0 Å². The highest BCUT2D eigenvalue weighted by Gasteiger charge is 2.25. The van der Waals surface area contributed by atoms with Crippen molar-refractivity contribution < 1.29 is 18.0 Å². The Kier molecular flexibility index (Phi) is 8.00. The minimum Gasteiger partial charge on any atom is -0.326 e.